The highest BCUT2D eigenvalue weighted by atomic mass is 28.5. The number of ketones is 4. The first-order valence-corrected chi connectivity index (χ1v) is 56.9. The molecule has 0 spiro atoms. The van der Waals surface area contributed by atoms with E-state index in [4.69, 9.17) is 24.7 Å². The van der Waals surface area contributed by atoms with Crippen LogP contribution in [-0.2, 0) is 24.7 Å². The van der Waals surface area contributed by atoms with Crippen LogP contribution >= 0.6 is 0 Å². The van der Waals surface area contributed by atoms with Gasteiger partial charge in [-0.2, -0.15) is 0 Å². The van der Waals surface area contributed by atoms with Gasteiger partial charge in [0, 0.05) is 59.0 Å². The molecule has 0 fully saturated rings. The average Bonchev–Trinajstić information content (AvgIpc) is 3.28. The fourth-order valence-corrected chi connectivity index (χ4v) is 48.6. The molecule has 0 amide bonds. The van der Waals surface area contributed by atoms with Crippen molar-refractivity contribution in [2.24, 2.45) is 0 Å². The lowest BCUT2D eigenvalue weighted by Gasteiger charge is -2.38. The number of fused-ring (bicyclic) bond motifs is 4. The van der Waals surface area contributed by atoms with Gasteiger partial charge in [-0.15, -0.1) is 0 Å². The number of anilines is 3. The van der Waals surface area contributed by atoms with Crippen molar-refractivity contribution < 1.29 is 49.0 Å². The number of rotatable bonds is 27. The highest BCUT2D eigenvalue weighted by molar-refractivity contribution is 6.89. The van der Waals surface area contributed by atoms with Gasteiger partial charge in [0.15, 0.2) is 73.0 Å². The van der Waals surface area contributed by atoms with E-state index in [1.165, 1.54) is 6.07 Å². The quantitative estimate of drug-likeness (QED) is 0.0217. The van der Waals surface area contributed by atoms with Gasteiger partial charge in [0.2, 0.25) is 0 Å². The minimum Gasteiger partial charge on any atom is -0.507 e. The van der Waals surface area contributed by atoms with Crippen LogP contribution in [0.5, 0.6) is 5.75 Å². The first-order valence-electron chi connectivity index (χ1n) is 28.8. The van der Waals surface area contributed by atoms with E-state index in [1.54, 1.807) is 42.5 Å². The summed E-state index contributed by atoms with van der Waals surface area (Å²) in [4.78, 5) is 54.2. The first kappa shape index (κ1) is 68.3. The minimum atomic E-state index is -2.39. The van der Waals surface area contributed by atoms with E-state index < -0.39 is 75.6 Å². The number of carbonyl (C=O) groups excluding carboxylic acids is 4. The van der Waals surface area contributed by atoms with Crippen LogP contribution in [0, 0.1) is 0 Å². The molecular formula is C58H97N3O11Si9. The summed E-state index contributed by atoms with van der Waals surface area (Å²) in [6, 6.07) is 23.5. The van der Waals surface area contributed by atoms with Crippen LogP contribution in [0.15, 0.2) is 72.8 Å². The number of aromatic hydroxyl groups is 1. The Balaban J connectivity index is 0.000000318. The Morgan fingerprint density at radius 1 is 0.321 bits per heavy atom. The fourth-order valence-electron chi connectivity index (χ4n) is 11.0. The third-order valence-corrected chi connectivity index (χ3v) is 41.5. The van der Waals surface area contributed by atoms with Crippen LogP contribution in [0.3, 0.4) is 0 Å². The van der Waals surface area contributed by atoms with Crippen LogP contribution in [0.25, 0.3) is 0 Å². The van der Waals surface area contributed by atoms with Crippen LogP contribution in [-0.4, -0.2) is 123 Å². The summed E-state index contributed by atoms with van der Waals surface area (Å²) >= 11 is 0. The van der Waals surface area contributed by atoms with Crippen LogP contribution in [0.1, 0.15) is 82.9 Å². The van der Waals surface area contributed by atoms with Gasteiger partial charge in [-0.3, -0.25) is 19.2 Å². The van der Waals surface area contributed by atoms with Crippen molar-refractivity contribution in [1.29, 1.82) is 0 Å². The molecule has 23 heteroatoms. The molecule has 4 aromatic rings. The van der Waals surface area contributed by atoms with Crippen molar-refractivity contribution in [2.75, 3.05) is 35.6 Å². The summed E-state index contributed by atoms with van der Waals surface area (Å²) in [6.07, 6.45) is 2.49. The summed E-state index contributed by atoms with van der Waals surface area (Å²) in [7, 11) is -17.8. The summed E-state index contributed by atoms with van der Waals surface area (Å²) in [5.74, 6) is -0.991. The van der Waals surface area contributed by atoms with E-state index in [-0.39, 0.29) is 40.0 Å². The molecule has 6 rings (SSSR count). The van der Waals surface area contributed by atoms with E-state index in [1.807, 2.05) is 24.3 Å². The van der Waals surface area contributed by atoms with Crippen molar-refractivity contribution in [3.63, 3.8) is 0 Å². The summed E-state index contributed by atoms with van der Waals surface area (Å²) in [5.41, 5.74) is 4.78. The SMILES string of the molecule is C[Si](C)(C)O[Si](C)(CCCNc1ccc(NCCC[Si](C)(O[Si](C)(C)C)O[Si](C)(C)C)c2c1C(=O)c1ccccc1C2=O)O[Si](C)(C)C.C[Si](C)(C)O[Si](C)(CCCNc1ccc(O)c2c1C(=O)c1ccccc1C2=O)O[Si](C)(C)C. The summed E-state index contributed by atoms with van der Waals surface area (Å²) < 4.78 is 39.9. The van der Waals surface area contributed by atoms with Gasteiger partial charge >= 0.3 is 25.7 Å². The van der Waals surface area contributed by atoms with Gasteiger partial charge in [0.1, 0.15) is 5.75 Å². The Labute approximate surface area is 495 Å². The summed E-state index contributed by atoms with van der Waals surface area (Å²) in [5, 5.41) is 20.7. The lowest BCUT2D eigenvalue weighted by Crippen LogP contribution is -2.52. The fraction of sp³-hybridized carbons (Fsp3) is 0.517. The Morgan fingerprint density at radius 2 is 0.531 bits per heavy atom. The normalized spacial score (nSPS) is 14.4. The molecule has 0 heterocycles. The molecule has 0 radical (unpaired) electrons. The molecule has 446 valence electrons. The number of benzene rings is 4. The molecule has 81 heavy (non-hydrogen) atoms. The predicted octanol–water partition coefficient (Wildman–Crippen LogP) is 15.4. The van der Waals surface area contributed by atoms with E-state index in [0.29, 0.717) is 70.1 Å². The second-order valence-electron chi connectivity index (χ2n) is 28.0. The molecule has 0 atom stereocenters. The van der Waals surface area contributed by atoms with Gasteiger partial charge in [-0.1, -0.05) is 48.5 Å². The number of hydrogen-bond donors (Lipinski definition) is 4. The van der Waals surface area contributed by atoms with Gasteiger partial charge in [0.25, 0.3) is 0 Å². The van der Waals surface area contributed by atoms with Gasteiger partial charge < -0.3 is 45.7 Å². The van der Waals surface area contributed by atoms with Crippen molar-refractivity contribution >= 4 is 116 Å². The molecule has 0 saturated heterocycles. The average molecular weight is 1270 g/mol. The Morgan fingerprint density at radius 3 is 0.765 bits per heavy atom. The molecule has 14 nitrogen and oxygen atoms in total. The highest BCUT2D eigenvalue weighted by Gasteiger charge is 2.43. The van der Waals surface area contributed by atoms with E-state index in [2.05, 4.69) is 153 Å². The topological polar surface area (TPSA) is 180 Å². The molecule has 4 aromatic carbocycles. The zero-order valence-corrected chi connectivity index (χ0v) is 61.8. The van der Waals surface area contributed by atoms with Crippen LogP contribution in [0.2, 0.25) is 156 Å². The van der Waals surface area contributed by atoms with E-state index >= 15 is 0 Å². The maximum atomic E-state index is 14.0. The van der Waals surface area contributed by atoms with Crippen molar-refractivity contribution in [1.82, 2.24) is 0 Å². The number of hydrogen-bond acceptors (Lipinski definition) is 14. The van der Waals surface area contributed by atoms with Crippen LogP contribution in [0.4, 0.5) is 17.1 Å². The third kappa shape index (κ3) is 20.3. The standard InChI is InChI=1S/C34H62N2O6Si6.C24H35NO5Si3/c1-43(2,3)39-47(13,40-44(4,5)6)25-17-23-35-29-21-22-30(32-31(29)33(37)27-19-15-16-20-28(27)34(32)38)36-24-18-26-48(14,41-45(7,8)9)42-46(10,11)12;1-31(2,3)29-33(7,30-32(4,5)6)16-10-15-25-19-13-14-20(26)22-21(19)23(27)17-11-8-9-12-18(17)24(22)28/h15-16,19-22,35-36H,17-18,23-26H2,1-14H3;8-9,11-14,25-26H,10,15-16H2,1-7H3. The lowest BCUT2D eigenvalue weighted by molar-refractivity contribution is 0.0977. The lowest BCUT2D eigenvalue weighted by atomic mass is 9.82. The van der Waals surface area contributed by atoms with Gasteiger partial charge in [-0.05, 0) is 199 Å². The van der Waals surface area contributed by atoms with Crippen molar-refractivity contribution in [3.05, 3.63) is 117 Å². The second kappa shape index (κ2) is 26.4. The monoisotopic (exact) mass is 1260 g/mol. The Bertz CT molecular complexity index is 2760. The van der Waals surface area contributed by atoms with Gasteiger partial charge in [-0.25, -0.2) is 0 Å². The zero-order valence-electron chi connectivity index (χ0n) is 52.8. The predicted molar refractivity (Wildman–Crippen MR) is 356 cm³/mol. The Hall–Kier alpha value is -3.53. The van der Waals surface area contributed by atoms with Crippen LogP contribution < -0.4 is 16.0 Å². The second-order valence-corrected chi connectivity index (χ2v) is 66.5. The number of phenolic OH excluding ortho intramolecular Hbond substituents is 1. The molecule has 4 N–H and O–H groups in total. The molecule has 0 unspecified atom stereocenters. The summed E-state index contributed by atoms with van der Waals surface area (Å²) in [6.45, 7) is 48.2. The van der Waals surface area contributed by atoms with Crippen molar-refractivity contribution in [2.45, 2.75) is 175 Å². The molecule has 0 bridgehead atoms. The molecule has 2 aliphatic rings. The maximum Gasteiger partial charge on any atom is 0.314 e. The largest absolute Gasteiger partial charge is 0.507 e. The van der Waals surface area contributed by atoms with Crippen molar-refractivity contribution in [3.8, 4) is 5.75 Å². The maximum absolute atomic E-state index is 14.0. The van der Waals surface area contributed by atoms with Gasteiger partial charge in [0.05, 0.1) is 22.3 Å². The molecule has 0 aliphatic heterocycles. The zero-order chi connectivity index (χ0) is 61.0. The Kier molecular flexibility index (Phi) is 22.2. The number of phenols is 1. The number of carbonyl (C=O) groups is 4. The first-order chi connectivity index (χ1) is 37.0. The minimum absolute atomic E-state index is 0.0760. The molecule has 2 aliphatic carbocycles. The molecule has 0 aromatic heterocycles. The van der Waals surface area contributed by atoms with E-state index in [0.717, 1.165) is 37.4 Å². The number of nitrogens with one attached hydrogen (secondary N) is 3. The highest BCUT2D eigenvalue weighted by Crippen LogP contribution is 2.39. The smallest absolute Gasteiger partial charge is 0.314 e. The third-order valence-electron chi connectivity index (χ3n) is 12.6. The van der Waals surface area contributed by atoms with E-state index in [9.17, 15) is 24.3 Å². The molecule has 0 saturated carbocycles. The molecular weight excluding hydrogens is 1170 g/mol.